The molecule has 0 unspecified atom stereocenters. The minimum Gasteiger partial charge on any atom is -0.394 e. The maximum absolute atomic E-state index is 10.7. The summed E-state index contributed by atoms with van der Waals surface area (Å²) in [4.78, 5) is 15.5. The van der Waals surface area contributed by atoms with E-state index in [1.54, 1.807) is 44.2 Å². The van der Waals surface area contributed by atoms with Crippen LogP contribution in [0.1, 0.15) is 25.5 Å². The second-order valence-corrected chi connectivity index (χ2v) is 4.98. The summed E-state index contributed by atoms with van der Waals surface area (Å²) < 4.78 is 11.2. The fourth-order valence-corrected chi connectivity index (χ4v) is 2.31. The zero-order chi connectivity index (χ0) is 14.8. The predicted octanol–water partition coefficient (Wildman–Crippen LogP) is 1.45. The van der Waals surface area contributed by atoms with Crippen molar-refractivity contribution in [2.24, 2.45) is 0 Å². The van der Waals surface area contributed by atoms with Crippen molar-refractivity contribution in [1.29, 1.82) is 0 Å². The quantitative estimate of drug-likeness (QED) is 0.649. The van der Waals surface area contributed by atoms with Gasteiger partial charge in [-0.15, -0.1) is 10.1 Å². The second kappa shape index (κ2) is 5.74. The predicted molar refractivity (Wildman–Crippen MR) is 68.2 cm³/mol. The van der Waals surface area contributed by atoms with Crippen LogP contribution in [0.4, 0.5) is 0 Å². The summed E-state index contributed by atoms with van der Waals surface area (Å²) in [6.07, 6.45) is -2.40. The van der Waals surface area contributed by atoms with Crippen molar-refractivity contribution in [2.75, 3.05) is 6.61 Å². The summed E-state index contributed by atoms with van der Waals surface area (Å²) in [7, 11) is 0. The van der Waals surface area contributed by atoms with Crippen LogP contribution in [0.5, 0.6) is 0 Å². The van der Waals surface area contributed by atoms with E-state index in [4.69, 9.17) is 14.3 Å². The monoisotopic (exact) mass is 283 g/mol. The van der Waals surface area contributed by atoms with Gasteiger partial charge in [-0.05, 0) is 19.4 Å². The van der Waals surface area contributed by atoms with Crippen molar-refractivity contribution in [3.8, 4) is 0 Å². The molecule has 110 valence electrons. The molecule has 0 aromatic heterocycles. The Morgan fingerprint density at radius 3 is 2.60 bits per heavy atom. The van der Waals surface area contributed by atoms with Gasteiger partial charge in [0.15, 0.2) is 11.9 Å². The van der Waals surface area contributed by atoms with E-state index in [0.29, 0.717) is 5.56 Å². The first kappa shape index (κ1) is 14.7. The number of aliphatic hydroxyl groups is 1. The van der Waals surface area contributed by atoms with Gasteiger partial charge in [-0.25, -0.2) is 0 Å². The van der Waals surface area contributed by atoms with E-state index in [-0.39, 0.29) is 6.61 Å². The minimum absolute atomic E-state index is 0.307. The first-order chi connectivity index (χ1) is 9.43. The molecule has 1 aliphatic heterocycles. The molecule has 0 aliphatic carbocycles. The molecule has 7 heteroatoms. The van der Waals surface area contributed by atoms with Crippen LogP contribution in [0.15, 0.2) is 30.3 Å². The Morgan fingerprint density at radius 1 is 1.40 bits per heavy atom. The van der Waals surface area contributed by atoms with Crippen LogP contribution in [-0.2, 0) is 14.3 Å². The number of ether oxygens (including phenoxy) is 2. The van der Waals surface area contributed by atoms with E-state index in [2.05, 4.69) is 0 Å². The fourth-order valence-electron chi connectivity index (χ4n) is 2.31. The normalized spacial score (nSPS) is 26.1. The molecule has 1 aromatic rings. The van der Waals surface area contributed by atoms with E-state index in [9.17, 15) is 15.2 Å². The number of rotatable bonds is 5. The van der Waals surface area contributed by atoms with Crippen molar-refractivity contribution in [1.82, 2.24) is 0 Å². The summed E-state index contributed by atoms with van der Waals surface area (Å²) in [5.74, 6) is -0.926. The highest BCUT2D eigenvalue weighted by Gasteiger charge is 2.46. The topological polar surface area (TPSA) is 91.1 Å². The molecule has 1 heterocycles. The zero-order valence-corrected chi connectivity index (χ0v) is 11.3. The molecule has 2 rings (SSSR count). The lowest BCUT2D eigenvalue weighted by atomic mass is 10.0. The molecule has 20 heavy (non-hydrogen) atoms. The number of benzene rings is 1. The van der Waals surface area contributed by atoms with Gasteiger partial charge in [-0.2, -0.15) is 0 Å². The van der Waals surface area contributed by atoms with Crippen molar-refractivity contribution >= 4 is 0 Å². The van der Waals surface area contributed by atoms with Crippen LogP contribution in [0, 0.1) is 10.1 Å². The van der Waals surface area contributed by atoms with Gasteiger partial charge in [0.25, 0.3) is 5.09 Å². The Kier molecular flexibility index (Phi) is 4.22. The lowest BCUT2D eigenvalue weighted by Crippen LogP contribution is -2.34. The molecular formula is C13H17NO6. The van der Waals surface area contributed by atoms with Crippen LogP contribution in [0.3, 0.4) is 0 Å². The molecule has 1 aliphatic rings. The maximum atomic E-state index is 10.7. The lowest BCUT2D eigenvalue weighted by molar-refractivity contribution is -0.773. The summed E-state index contributed by atoms with van der Waals surface area (Å²) in [6, 6.07) is 8.71. The summed E-state index contributed by atoms with van der Waals surface area (Å²) in [5, 5.41) is 19.2. The van der Waals surface area contributed by atoms with Crippen LogP contribution < -0.4 is 0 Å². The highest BCUT2D eigenvalue weighted by molar-refractivity contribution is 5.19. The average molecular weight is 283 g/mol. The van der Waals surface area contributed by atoms with Crippen molar-refractivity contribution in [3.05, 3.63) is 46.0 Å². The third-order valence-corrected chi connectivity index (χ3v) is 3.03. The van der Waals surface area contributed by atoms with E-state index in [1.165, 1.54) is 0 Å². The van der Waals surface area contributed by atoms with E-state index in [0.717, 1.165) is 0 Å². The van der Waals surface area contributed by atoms with Gasteiger partial charge < -0.3 is 19.4 Å². The van der Waals surface area contributed by atoms with Crippen LogP contribution in [0.2, 0.25) is 0 Å². The van der Waals surface area contributed by atoms with E-state index in [1.807, 2.05) is 0 Å². The molecule has 1 N–H and O–H groups in total. The van der Waals surface area contributed by atoms with Gasteiger partial charge in [0.05, 0.1) is 6.61 Å². The molecule has 0 radical (unpaired) electrons. The van der Waals surface area contributed by atoms with Crippen molar-refractivity contribution in [3.63, 3.8) is 0 Å². The average Bonchev–Trinajstić information content (AvgIpc) is 2.72. The van der Waals surface area contributed by atoms with Gasteiger partial charge in [0.2, 0.25) is 0 Å². The number of hydrogen-bond donors (Lipinski definition) is 1. The molecular weight excluding hydrogens is 266 g/mol. The molecule has 7 nitrogen and oxygen atoms in total. The van der Waals surface area contributed by atoms with Crippen LogP contribution >= 0.6 is 0 Å². The van der Waals surface area contributed by atoms with Crippen molar-refractivity contribution < 1.29 is 24.5 Å². The third kappa shape index (κ3) is 3.24. The molecule has 1 fully saturated rings. The van der Waals surface area contributed by atoms with Crippen LogP contribution in [-0.4, -0.2) is 34.8 Å². The van der Waals surface area contributed by atoms with Gasteiger partial charge >= 0.3 is 0 Å². The SMILES string of the molecule is CC1(C)O[C@H]([C@@H](O[N+](=O)[O-])c2ccccc2)[C@@H](CO)O1. The number of nitrogens with zero attached hydrogens (tertiary/aromatic N) is 1. The number of aliphatic hydroxyl groups excluding tert-OH is 1. The molecule has 0 spiro atoms. The summed E-state index contributed by atoms with van der Waals surface area (Å²) in [6.45, 7) is 3.06. The fraction of sp³-hybridized carbons (Fsp3) is 0.538. The largest absolute Gasteiger partial charge is 0.394 e. The third-order valence-electron chi connectivity index (χ3n) is 3.03. The smallest absolute Gasteiger partial charge is 0.295 e. The molecule has 1 aromatic carbocycles. The van der Waals surface area contributed by atoms with Gasteiger partial charge in [0, 0.05) is 0 Å². The molecule has 3 atom stereocenters. The minimum atomic E-state index is -0.954. The molecule has 0 bridgehead atoms. The highest BCUT2D eigenvalue weighted by Crippen LogP contribution is 2.37. The van der Waals surface area contributed by atoms with Crippen LogP contribution in [0.25, 0.3) is 0 Å². The van der Waals surface area contributed by atoms with E-state index < -0.39 is 29.2 Å². The number of hydrogen-bond acceptors (Lipinski definition) is 6. The Bertz CT molecular complexity index is 463. The van der Waals surface area contributed by atoms with Gasteiger partial charge in [-0.3, -0.25) is 0 Å². The highest BCUT2D eigenvalue weighted by atomic mass is 17.0. The molecule has 1 saturated heterocycles. The molecule has 0 amide bonds. The van der Waals surface area contributed by atoms with Crippen molar-refractivity contribution in [2.45, 2.75) is 37.9 Å². The molecule has 0 saturated carbocycles. The Labute approximate surface area is 116 Å². The van der Waals surface area contributed by atoms with Gasteiger partial charge in [0.1, 0.15) is 12.2 Å². The standard InChI is InChI=1S/C13H17NO6/c1-13(2)18-10(8-15)12(19-13)11(20-14(16)17)9-6-4-3-5-7-9/h3-7,10-12,15H,8H2,1-2H3/t10-,11+,12+/m1/s1. The first-order valence-electron chi connectivity index (χ1n) is 6.25. The Balaban J connectivity index is 2.29. The Hall–Kier alpha value is -1.70. The Morgan fingerprint density at radius 2 is 2.05 bits per heavy atom. The van der Waals surface area contributed by atoms with E-state index >= 15 is 0 Å². The maximum Gasteiger partial charge on any atom is 0.295 e. The lowest BCUT2D eigenvalue weighted by Gasteiger charge is -2.24. The second-order valence-electron chi connectivity index (χ2n) is 4.98. The zero-order valence-electron chi connectivity index (χ0n) is 11.3. The van der Waals surface area contributed by atoms with Gasteiger partial charge in [-0.1, -0.05) is 30.3 Å². The summed E-state index contributed by atoms with van der Waals surface area (Å²) in [5.41, 5.74) is 0.592. The summed E-state index contributed by atoms with van der Waals surface area (Å²) >= 11 is 0. The first-order valence-corrected chi connectivity index (χ1v) is 6.25.